The summed E-state index contributed by atoms with van der Waals surface area (Å²) < 4.78 is 29.6. The van der Waals surface area contributed by atoms with E-state index in [4.69, 9.17) is 4.18 Å². The van der Waals surface area contributed by atoms with Crippen molar-refractivity contribution in [2.75, 3.05) is 0 Å². The van der Waals surface area contributed by atoms with Gasteiger partial charge >= 0.3 is 0 Å². The van der Waals surface area contributed by atoms with Gasteiger partial charge in [-0.2, -0.15) is 8.42 Å². The van der Waals surface area contributed by atoms with Crippen LogP contribution in [0.25, 0.3) is 11.1 Å². The number of hydrogen-bond acceptors (Lipinski definition) is 3. The first-order valence-corrected chi connectivity index (χ1v) is 10.6. The molecule has 0 aliphatic heterocycles. The maximum absolute atomic E-state index is 12.3. The van der Waals surface area contributed by atoms with E-state index in [1.807, 2.05) is 48.5 Å². The van der Waals surface area contributed by atoms with Crippen LogP contribution in [0.15, 0.2) is 89.8 Å². The molecule has 28 heavy (non-hydrogen) atoms. The summed E-state index contributed by atoms with van der Waals surface area (Å²) in [5.41, 5.74) is 5.39. The molecule has 3 rings (SSSR count). The zero-order valence-electron chi connectivity index (χ0n) is 16.3. The van der Waals surface area contributed by atoms with Gasteiger partial charge in [0.2, 0.25) is 0 Å². The van der Waals surface area contributed by atoms with E-state index in [1.54, 1.807) is 26.0 Å². The molecule has 0 aliphatic rings. The Balaban J connectivity index is 2.08. The molecule has 0 heterocycles. The molecule has 4 heteroatoms. The van der Waals surface area contributed by atoms with Gasteiger partial charge in [0.25, 0.3) is 10.1 Å². The van der Waals surface area contributed by atoms with E-state index >= 15 is 0 Å². The Labute approximate surface area is 167 Å². The molecule has 0 N–H and O–H groups in total. The average Bonchev–Trinajstić information content (AvgIpc) is 2.69. The van der Waals surface area contributed by atoms with Gasteiger partial charge in [-0.1, -0.05) is 72.8 Å². The molecule has 144 valence electrons. The standard InChI is InChI=1S/C24H24O3S/c1-18(2)27-28(25,26)23-16-14-20(15-17-23)19(3)24(21-10-6-4-7-11-21)22-12-8-5-9-13-22/h4-18H,1-3H3. The van der Waals surface area contributed by atoms with Gasteiger partial charge in [-0.3, -0.25) is 4.18 Å². The molecule has 3 aromatic carbocycles. The van der Waals surface area contributed by atoms with Crippen molar-refractivity contribution in [1.82, 2.24) is 0 Å². The van der Waals surface area contributed by atoms with E-state index in [1.165, 1.54) is 0 Å². The third-order valence-electron chi connectivity index (χ3n) is 4.40. The fourth-order valence-electron chi connectivity index (χ4n) is 3.13. The highest BCUT2D eigenvalue weighted by atomic mass is 32.2. The highest BCUT2D eigenvalue weighted by molar-refractivity contribution is 7.86. The number of rotatable bonds is 6. The van der Waals surface area contributed by atoms with Crippen LogP contribution in [0.2, 0.25) is 0 Å². The Hall–Kier alpha value is -2.69. The van der Waals surface area contributed by atoms with Crippen molar-refractivity contribution in [3.05, 3.63) is 102 Å². The summed E-state index contributed by atoms with van der Waals surface area (Å²) in [6, 6.07) is 27.3. The second kappa shape index (κ2) is 8.55. The number of benzene rings is 3. The van der Waals surface area contributed by atoms with Gasteiger partial charge in [-0.25, -0.2) is 0 Å². The van der Waals surface area contributed by atoms with Crippen LogP contribution in [0.5, 0.6) is 0 Å². The first kappa shape index (κ1) is 20.1. The van der Waals surface area contributed by atoms with Gasteiger partial charge in [-0.15, -0.1) is 0 Å². The predicted octanol–water partition coefficient (Wildman–Crippen LogP) is 5.78. The minimum absolute atomic E-state index is 0.165. The summed E-state index contributed by atoms with van der Waals surface area (Å²) in [6.45, 7) is 5.46. The Bertz CT molecular complexity index is 1010. The van der Waals surface area contributed by atoms with Gasteiger partial charge in [0.15, 0.2) is 0 Å². The smallest absolute Gasteiger partial charge is 0.264 e. The summed E-state index contributed by atoms with van der Waals surface area (Å²) in [5.74, 6) is 0. The second-order valence-corrected chi connectivity index (χ2v) is 8.43. The molecule has 0 aliphatic carbocycles. The van der Waals surface area contributed by atoms with Crippen LogP contribution < -0.4 is 0 Å². The molecule has 3 nitrogen and oxygen atoms in total. The van der Waals surface area contributed by atoms with Crippen LogP contribution in [-0.4, -0.2) is 14.5 Å². The van der Waals surface area contributed by atoms with Crippen molar-refractivity contribution in [1.29, 1.82) is 0 Å². The molecular weight excluding hydrogens is 368 g/mol. The zero-order valence-corrected chi connectivity index (χ0v) is 17.1. The van der Waals surface area contributed by atoms with Gasteiger partial charge in [0.1, 0.15) is 0 Å². The lowest BCUT2D eigenvalue weighted by Crippen LogP contribution is -2.12. The molecule has 0 saturated heterocycles. The molecule has 0 atom stereocenters. The first-order chi connectivity index (χ1) is 13.4. The molecule has 0 aromatic heterocycles. The molecular formula is C24H24O3S. The van der Waals surface area contributed by atoms with Crippen LogP contribution in [0, 0.1) is 0 Å². The van der Waals surface area contributed by atoms with Gasteiger partial charge in [0, 0.05) is 0 Å². The monoisotopic (exact) mass is 392 g/mol. The SMILES string of the molecule is CC(=C(c1ccccc1)c1ccccc1)c1ccc(S(=O)(=O)OC(C)C)cc1. The molecule has 0 radical (unpaired) electrons. The van der Waals surface area contributed by atoms with Crippen LogP contribution in [0.3, 0.4) is 0 Å². The summed E-state index contributed by atoms with van der Waals surface area (Å²) in [4.78, 5) is 0.165. The first-order valence-electron chi connectivity index (χ1n) is 9.24. The third-order valence-corrected chi connectivity index (χ3v) is 5.88. The normalized spacial score (nSPS) is 11.4. The van der Waals surface area contributed by atoms with Crippen molar-refractivity contribution in [2.24, 2.45) is 0 Å². The maximum atomic E-state index is 12.3. The Morgan fingerprint density at radius 1 is 0.714 bits per heavy atom. The summed E-state index contributed by atoms with van der Waals surface area (Å²) in [7, 11) is -3.74. The average molecular weight is 393 g/mol. The molecule has 0 unspecified atom stereocenters. The fraction of sp³-hybridized carbons (Fsp3) is 0.167. The summed E-state index contributed by atoms with van der Waals surface area (Å²) >= 11 is 0. The Morgan fingerprint density at radius 2 is 1.18 bits per heavy atom. The van der Waals surface area contributed by atoms with E-state index in [2.05, 4.69) is 31.2 Å². The zero-order chi connectivity index (χ0) is 20.1. The highest BCUT2D eigenvalue weighted by Gasteiger charge is 2.17. The molecule has 0 saturated carbocycles. The van der Waals surface area contributed by atoms with Crippen molar-refractivity contribution in [3.8, 4) is 0 Å². The van der Waals surface area contributed by atoms with E-state index in [-0.39, 0.29) is 4.90 Å². The maximum Gasteiger partial charge on any atom is 0.297 e. The fourth-order valence-corrected chi connectivity index (χ4v) is 4.22. The van der Waals surface area contributed by atoms with E-state index in [0.29, 0.717) is 0 Å². The Morgan fingerprint density at radius 3 is 1.61 bits per heavy atom. The second-order valence-electron chi connectivity index (χ2n) is 6.86. The predicted molar refractivity (Wildman–Crippen MR) is 114 cm³/mol. The van der Waals surface area contributed by atoms with Gasteiger partial charge in [-0.05, 0) is 60.7 Å². The largest absolute Gasteiger partial charge is 0.297 e. The van der Waals surface area contributed by atoms with E-state index in [9.17, 15) is 8.42 Å². The van der Waals surface area contributed by atoms with Crippen molar-refractivity contribution in [2.45, 2.75) is 31.8 Å². The van der Waals surface area contributed by atoms with Gasteiger partial charge in [0.05, 0.1) is 11.0 Å². The van der Waals surface area contributed by atoms with Gasteiger partial charge < -0.3 is 0 Å². The van der Waals surface area contributed by atoms with Crippen molar-refractivity contribution in [3.63, 3.8) is 0 Å². The topological polar surface area (TPSA) is 43.4 Å². The molecule has 0 fully saturated rings. The quantitative estimate of drug-likeness (QED) is 0.394. The van der Waals surface area contributed by atoms with Crippen molar-refractivity contribution >= 4 is 21.3 Å². The molecule has 0 amide bonds. The van der Waals surface area contributed by atoms with Crippen LogP contribution in [0.4, 0.5) is 0 Å². The third kappa shape index (κ3) is 4.58. The summed E-state index contributed by atoms with van der Waals surface area (Å²) in [6.07, 6.45) is -0.394. The lowest BCUT2D eigenvalue weighted by Gasteiger charge is -2.15. The van der Waals surface area contributed by atoms with Crippen molar-refractivity contribution < 1.29 is 12.6 Å². The minimum Gasteiger partial charge on any atom is -0.264 e. The van der Waals surface area contributed by atoms with E-state index < -0.39 is 16.2 Å². The molecule has 0 bridgehead atoms. The minimum atomic E-state index is -3.74. The lowest BCUT2D eigenvalue weighted by molar-refractivity contribution is 0.249. The summed E-state index contributed by atoms with van der Waals surface area (Å²) in [5, 5.41) is 0. The van der Waals surface area contributed by atoms with Crippen LogP contribution in [0.1, 0.15) is 37.5 Å². The molecule has 3 aromatic rings. The highest BCUT2D eigenvalue weighted by Crippen LogP contribution is 2.32. The molecule has 0 spiro atoms. The Kier molecular flexibility index (Phi) is 6.12. The lowest BCUT2D eigenvalue weighted by atomic mass is 9.90. The van der Waals surface area contributed by atoms with Crippen LogP contribution >= 0.6 is 0 Å². The number of hydrogen-bond donors (Lipinski definition) is 0. The van der Waals surface area contributed by atoms with E-state index in [0.717, 1.165) is 27.8 Å². The number of allylic oxidation sites excluding steroid dienone is 1. The van der Waals surface area contributed by atoms with Crippen LogP contribution in [-0.2, 0) is 14.3 Å².